The lowest BCUT2D eigenvalue weighted by Crippen LogP contribution is -2.29. The van der Waals surface area contributed by atoms with Crippen LogP contribution in [0.4, 0.5) is 10.8 Å². The van der Waals surface area contributed by atoms with Crippen molar-refractivity contribution in [1.82, 2.24) is 10.2 Å². The zero-order valence-corrected chi connectivity index (χ0v) is 20.2. The molecule has 0 spiro atoms. The van der Waals surface area contributed by atoms with Crippen molar-refractivity contribution in [2.24, 2.45) is 0 Å². The van der Waals surface area contributed by atoms with Crippen LogP contribution in [0.3, 0.4) is 0 Å². The highest BCUT2D eigenvalue weighted by Crippen LogP contribution is 2.31. The van der Waals surface area contributed by atoms with E-state index in [0.29, 0.717) is 10.7 Å². The maximum atomic E-state index is 12.8. The maximum Gasteiger partial charge on any atom is 0.338 e. The van der Waals surface area contributed by atoms with Gasteiger partial charge >= 0.3 is 5.97 Å². The summed E-state index contributed by atoms with van der Waals surface area (Å²) in [6.07, 6.45) is 0. The van der Waals surface area contributed by atoms with Crippen molar-refractivity contribution in [2.75, 3.05) is 16.8 Å². The molecule has 33 heavy (non-hydrogen) atoms. The number of nitrogens with zero attached hydrogens (tertiary/aromatic N) is 3. The predicted molar refractivity (Wildman–Crippen MR) is 125 cm³/mol. The molecule has 0 fully saturated rings. The molecule has 3 amide bonds. The molecule has 1 aromatic heterocycles. The molecular weight excluding hydrogens is 512 g/mol. The van der Waals surface area contributed by atoms with Crippen molar-refractivity contribution >= 4 is 61.8 Å². The molecule has 1 aliphatic heterocycles. The molecule has 3 aromatic rings. The molecule has 0 atom stereocenters. The lowest BCUT2D eigenvalue weighted by molar-refractivity contribution is -0.119. The van der Waals surface area contributed by atoms with Crippen LogP contribution in [0.5, 0.6) is 0 Å². The second kappa shape index (κ2) is 8.83. The first-order chi connectivity index (χ1) is 15.7. The number of rotatable bonds is 5. The van der Waals surface area contributed by atoms with Crippen molar-refractivity contribution in [3.8, 4) is 0 Å². The highest BCUT2D eigenvalue weighted by atomic mass is 79.9. The number of nitrogens with one attached hydrogen (secondary N) is 1. The van der Waals surface area contributed by atoms with Gasteiger partial charge in [0.25, 0.3) is 17.7 Å². The topological polar surface area (TPSA) is 119 Å². The summed E-state index contributed by atoms with van der Waals surface area (Å²) in [5.74, 6) is -2.43. The largest absolute Gasteiger partial charge is 0.452 e. The third kappa shape index (κ3) is 4.41. The molecule has 0 unspecified atom stereocenters. The number of benzene rings is 2. The SMILES string of the molecule is Cc1nnc(N2C(=O)c3ccc(C(=O)OCC(=O)Nc4cc(C)c(Br)c(C)c4)cc3C2=O)s1. The van der Waals surface area contributed by atoms with Crippen LogP contribution in [0.25, 0.3) is 0 Å². The Morgan fingerprint density at radius 2 is 1.70 bits per heavy atom. The first-order valence-corrected chi connectivity index (χ1v) is 11.3. The Morgan fingerprint density at radius 3 is 2.33 bits per heavy atom. The number of anilines is 2. The lowest BCUT2D eigenvalue weighted by Gasteiger charge is -2.10. The third-order valence-corrected chi connectivity index (χ3v) is 6.96. The van der Waals surface area contributed by atoms with Crippen LogP contribution in [0.1, 0.15) is 47.2 Å². The number of imide groups is 1. The highest BCUT2D eigenvalue weighted by molar-refractivity contribution is 9.10. The van der Waals surface area contributed by atoms with E-state index in [1.54, 1.807) is 19.1 Å². The van der Waals surface area contributed by atoms with Gasteiger partial charge in [0.2, 0.25) is 5.13 Å². The van der Waals surface area contributed by atoms with Crippen LogP contribution in [0.2, 0.25) is 0 Å². The Balaban J connectivity index is 1.43. The normalized spacial score (nSPS) is 12.7. The van der Waals surface area contributed by atoms with E-state index in [1.807, 2.05) is 13.8 Å². The number of amides is 3. The summed E-state index contributed by atoms with van der Waals surface area (Å²) in [4.78, 5) is 51.0. The zero-order chi connectivity index (χ0) is 23.9. The number of esters is 1. The van der Waals surface area contributed by atoms with Gasteiger partial charge in [0.15, 0.2) is 6.61 Å². The van der Waals surface area contributed by atoms with Crippen molar-refractivity contribution < 1.29 is 23.9 Å². The van der Waals surface area contributed by atoms with Crippen LogP contribution in [-0.4, -0.2) is 40.5 Å². The van der Waals surface area contributed by atoms with Gasteiger partial charge in [-0.05, 0) is 62.2 Å². The van der Waals surface area contributed by atoms with E-state index in [0.717, 1.165) is 31.8 Å². The summed E-state index contributed by atoms with van der Waals surface area (Å²) in [6, 6.07) is 7.63. The van der Waals surface area contributed by atoms with Gasteiger partial charge in [0.1, 0.15) is 5.01 Å². The van der Waals surface area contributed by atoms with E-state index < -0.39 is 30.3 Å². The number of carbonyl (C=O) groups is 4. The zero-order valence-electron chi connectivity index (χ0n) is 17.8. The van der Waals surface area contributed by atoms with Crippen molar-refractivity contribution in [2.45, 2.75) is 20.8 Å². The number of fused-ring (bicyclic) bond motifs is 1. The van der Waals surface area contributed by atoms with Gasteiger partial charge in [-0.2, -0.15) is 0 Å². The molecular formula is C22H17BrN4O5S. The third-order valence-electron chi connectivity index (χ3n) is 4.88. The molecule has 4 rings (SSSR count). The fourth-order valence-corrected chi connectivity index (χ4v) is 4.26. The molecule has 0 aliphatic carbocycles. The van der Waals surface area contributed by atoms with Gasteiger partial charge in [-0.25, -0.2) is 9.69 Å². The molecule has 1 N–H and O–H groups in total. The Bertz CT molecular complexity index is 1310. The van der Waals surface area contributed by atoms with Crippen LogP contribution in [0, 0.1) is 20.8 Å². The van der Waals surface area contributed by atoms with E-state index in [4.69, 9.17) is 4.74 Å². The molecule has 0 saturated heterocycles. The fourth-order valence-electron chi connectivity index (χ4n) is 3.35. The van der Waals surface area contributed by atoms with Gasteiger partial charge in [0.05, 0.1) is 16.7 Å². The lowest BCUT2D eigenvalue weighted by atomic mass is 10.1. The minimum atomic E-state index is -0.790. The number of ether oxygens (including phenoxy) is 1. The van der Waals surface area contributed by atoms with E-state index >= 15 is 0 Å². The van der Waals surface area contributed by atoms with Gasteiger partial charge in [-0.15, -0.1) is 10.2 Å². The van der Waals surface area contributed by atoms with Crippen molar-refractivity contribution in [1.29, 1.82) is 0 Å². The van der Waals surface area contributed by atoms with Crippen LogP contribution < -0.4 is 10.2 Å². The minimum Gasteiger partial charge on any atom is -0.452 e. The Morgan fingerprint density at radius 1 is 1.03 bits per heavy atom. The average Bonchev–Trinajstić information content (AvgIpc) is 3.30. The first kappa shape index (κ1) is 22.7. The van der Waals surface area contributed by atoms with Gasteiger partial charge in [-0.3, -0.25) is 14.4 Å². The molecule has 168 valence electrons. The minimum absolute atomic E-state index is 0.0494. The van der Waals surface area contributed by atoms with E-state index in [-0.39, 0.29) is 21.8 Å². The molecule has 0 saturated carbocycles. The summed E-state index contributed by atoms with van der Waals surface area (Å²) < 4.78 is 6.05. The van der Waals surface area contributed by atoms with Crippen molar-refractivity contribution in [3.05, 3.63) is 67.6 Å². The van der Waals surface area contributed by atoms with Crippen LogP contribution in [-0.2, 0) is 9.53 Å². The first-order valence-electron chi connectivity index (χ1n) is 9.72. The molecule has 1 aliphatic rings. The maximum absolute atomic E-state index is 12.8. The molecule has 0 bridgehead atoms. The smallest absolute Gasteiger partial charge is 0.338 e. The molecule has 11 heteroatoms. The summed E-state index contributed by atoms with van der Waals surface area (Å²) in [5, 5.41) is 11.1. The number of aryl methyl sites for hydroxylation is 3. The van der Waals surface area contributed by atoms with Gasteiger partial charge in [-0.1, -0.05) is 27.3 Å². The van der Waals surface area contributed by atoms with Crippen LogP contribution in [0.15, 0.2) is 34.8 Å². The summed E-state index contributed by atoms with van der Waals surface area (Å²) in [6.45, 7) is 5.01. The standard InChI is InChI=1S/C22H17BrN4O5S/c1-10-6-14(7-11(2)18(10)23)24-17(28)9-32-21(31)13-4-5-15-16(8-13)20(30)27(19(15)29)22-26-25-12(3)33-22/h4-8H,9H2,1-3H3,(H,24,28). The van der Waals surface area contributed by atoms with Crippen LogP contribution >= 0.6 is 27.3 Å². The van der Waals surface area contributed by atoms with Gasteiger partial charge in [0, 0.05) is 10.2 Å². The second-order valence-corrected chi connectivity index (χ2v) is 9.31. The summed E-state index contributed by atoms with van der Waals surface area (Å²) in [7, 11) is 0. The van der Waals surface area contributed by atoms with E-state index in [9.17, 15) is 19.2 Å². The quantitative estimate of drug-likeness (QED) is 0.394. The van der Waals surface area contributed by atoms with E-state index in [1.165, 1.54) is 18.2 Å². The average molecular weight is 529 g/mol. The summed E-state index contributed by atoms with van der Waals surface area (Å²) in [5.41, 5.74) is 2.77. The number of halogens is 1. The number of hydrogen-bond donors (Lipinski definition) is 1. The number of carbonyl (C=O) groups excluding carboxylic acids is 4. The number of hydrogen-bond acceptors (Lipinski definition) is 8. The molecule has 0 radical (unpaired) electrons. The monoisotopic (exact) mass is 528 g/mol. The summed E-state index contributed by atoms with van der Waals surface area (Å²) >= 11 is 4.58. The van der Waals surface area contributed by atoms with Gasteiger partial charge < -0.3 is 10.1 Å². The van der Waals surface area contributed by atoms with Crippen molar-refractivity contribution in [3.63, 3.8) is 0 Å². The van der Waals surface area contributed by atoms with E-state index in [2.05, 4.69) is 31.4 Å². The fraction of sp³-hybridized carbons (Fsp3) is 0.182. The Kier molecular flexibility index (Phi) is 6.09. The molecule has 2 aromatic carbocycles. The second-order valence-electron chi connectivity index (χ2n) is 7.36. The molecule has 9 nitrogen and oxygen atoms in total. The number of aromatic nitrogens is 2. The Labute approximate surface area is 200 Å². The Hall–Kier alpha value is -3.44. The molecule has 2 heterocycles. The predicted octanol–water partition coefficient (Wildman–Crippen LogP) is 3.82. The highest BCUT2D eigenvalue weighted by Gasteiger charge is 2.39.